The van der Waals surface area contributed by atoms with E-state index in [1.807, 2.05) is 62.4 Å². The fraction of sp³-hybridized carbons (Fsp3) is 0.439. The highest BCUT2D eigenvalue weighted by Gasteiger charge is 2.21. The summed E-state index contributed by atoms with van der Waals surface area (Å²) in [6.07, 6.45) is 5.70. The number of aliphatic hydroxyl groups excluding tert-OH is 3. The fourth-order valence-electron chi connectivity index (χ4n) is 6.85. The van der Waals surface area contributed by atoms with E-state index in [0.717, 1.165) is 35.2 Å². The minimum absolute atomic E-state index is 0.0758. The monoisotopic (exact) mass is 813 g/mol. The first kappa shape index (κ1) is 42.7. The number of para-hydroxylation sites is 2. The van der Waals surface area contributed by atoms with Gasteiger partial charge in [-0.3, -0.25) is 0 Å². The van der Waals surface area contributed by atoms with E-state index in [4.69, 9.17) is 15.7 Å². The molecule has 18 heteroatoms. The van der Waals surface area contributed by atoms with E-state index in [1.54, 1.807) is 0 Å². The zero-order valence-electron chi connectivity index (χ0n) is 33.3. The third-order valence-electron chi connectivity index (χ3n) is 10.1. The second-order valence-corrected chi connectivity index (χ2v) is 14.5. The molecule has 0 aliphatic carbocycles. The van der Waals surface area contributed by atoms with Crippen LogP contribution in [-0.2, 0) is 0 Å². The molecular weight excluding hydrogens is 761 g/mol. The van der Waals surface area contributed by atoms with Crippen LogP contribution in [0.25, 0.3) is 32.8 Å². The van der Waals surface area contributed by atoms with Crippen molar-refractivity contribution >= 4 is 68.1 Å². The molecule has 4 atom stereocenters. The molecule has 0 bridgehead atoms. The number of aromatic nitrogens is 7. The van der Waals surface area contributed by atoms with Crippen LogP contribution >= 0.6 is 0 Å². The van der Waals surface area contributed by atoms with Gasteiger partial charge in [-0.15, -0.1) is 0 Å². The number of hydrogen-bond donors (Lipinski definition) is 9. The van der Waals surface area contributed by atoms with Gasteiger partial charge >= 0.3 is 0 Å². The van der Waals surface area contributed by atoms with E-state index < -0.39 is 11.8 Å². The van der Waals surface area contributed by atoms with Crippen molar-refractivity contribution in [2.45, 2.75) is 89.4 Å². The molecule has 16 nitrogen and oxygen atoms in total. The van der Waals surface area contributed by atoms with Crippen LogP contribution in [0, 0.1) is 11.8 Å². The van der Waals surface area contributed by atoms with Gasteiger partial charge in [0, 0.05) is 29.4 Å². The van der Waals surface area contributed by atoms with E-state index in [-0.39, 0.29) is 72.7 Å². The molecule has 6 aromatic rings. The number of unbranched alkanes of at least 4 members (excludes halogenated alkanes) is 2. The lowest BCUT2D eigenvalue weighted by molar-refractivity contribution is 0.264. The summed E-state index contributed by atoms with van der Waals surface area (Å²) < 4.78 is 28.3. The molecule has 0 aliphatic heterocycles. The van der Waals surface area contributed by atoms with Gasteiger partial charge in [-0.25, -0.2) is 24.3 Å². The third kappa shape index (κ3) is 11.2. The lowest BCUT2D eigenvalue weighted by Crippen LogP contribution is -2.33. The van der Waals surface area contributed by atoms with Gasteiger partial charge in [0.1, 0.15) is 17.2 Å². The Labute approximate surface area is 341 Å². The summed E-state index contributed by atoms with van der Waals surface area (Å²) in [6.45, 7) is 4.10. The number of fused-ring (bicyclic) bond motifs is 3. The maximum atomic E-state index is 14.1. The summed E-state index contributed by atoms with van der Waals surface area (Å²) in [5.74, 6) is -0.280. The van der Waals surface area contributed by atoms with Crippen molar-refractivity contribution in [3.05, 3.63) is 66.4 Å². The zero-order valence-corrected chi connectivity index (χ0v) is 33.3. The highest BCUT2D eigenvalue weighted by molar-refractivity contribution is 5.91. The number of nitrogens with zero attached hydrogens (tertiary/aromatic N) is 7. The molecule has 59 heavy (non-hydrogen) atoms. The van der Waals surface area contributed by atoms with Gasteiger partial charge in [0.15, 0.2) is 11.6 Å². The van der Waals surface area contributed by atoms with E-state index >= 15 is 0 Å². The number of halogens is 2. The van der Waals surface area contributed by atoms with Crippen LogP contribution in [0.2, 0.25) is 0 Å². The van der Waals surface area contributed by atoms with Crippen LogP contribution in [0.15, 0.2) is 54.6 Å². The predicted octanol–water partition coefficient (Wildman–Crippen LogP) is 5.84. The van der Waals surface area contributed by atoms with Gasteiger partial charge in [-0.05, 0) is 62.8 Å². The van der Waals surface area contributed by atoms with Crippen LogP contribution < -0.4 is 32.3 Å². The van der Waals surface area contributed by atoms with Crippen molar-refractivity contribution in [2.75, 3.05) is 58.7 Å². The molecule has 0 spiro atoms. The Morgan fingerprint density at radius 1 is 0.610 bits per heavy atom. The normalized spacial score (nSPS) is 13.6. The molecule has 0 radical (unpaired) electrons. The number of nitrogens with two attached hydrogens (primary N) is 1. The van der Waals surface area contributed by atoms with E-state index in [0.29, 0.717) is 68.2 Å². The molecule has 1 unspecified atom stereocenters. The van der Waals surface area contributed by atoms with Gasteiger partial charge in [0.25, 0.3) is 0 Å². The molecule has 0 saturated carbocycles. The van der Waals surface area contributed by atoms with Gasteiger partial charge < -0.3 is 47.6 Å². The molecule has 0 saturated heterocycles. The van der Waals surface area contributed by atoms with Gasteiger partial charge in [-0.2, -0.15) is 19.3 Å². The van der Waals surface area contributed by atoms with Crippen molar-refractivity contribution in [2.24, 2.45) is 0 Å². The van der Waals surface area contributed by atoms with Gasteiger partial charge in [0.05, 0.1) is 54.5 Å². The predicted molar refractivity (Wildman–Crippen MR) is 228 cm³/mol. The Morgan fingerprint density at radius 3 is 1.88 bits per heavy atom. The molecular formula is C41H53F2N13O3. The topological polar surface area (TPSA) is 237 Å². The van der Waals surface area contributed by atoms with Gasteiger partial charge in [-0.1, -0.05) is 51.0 Å². The first-order chi connectivity index (χ1) is 28.7. The van der Waals surface area contributed by atoms with E-state index in [2.05, 4.69) is 51.5 Å². The number of benzene rings is 2. The number of hydrogen-bond acceptors (Lipinski definition) is 16. The van der Waals surface area contributed by atoms with Gasteiger partial charge in [0.2, 0.25) is 23.8 Å². The Kier molecular flexibility index (Phi) is 15.0. The number of nitrogens with one attached hydrogen (secondary N) is 5. The second-order valence-electron chi connectivity index (χ2n) is 14.5. The summed E-state index contributed by atoms with van der Waals surface area (Å²) in [4.78, 5) is 30.9. The average molecular weight is 814 g/mol. The number of nitrogen functional groups attached to an aromatic ring is 1. The second kappa shape index (κ2) is 20.7. The quantitative estimate of drug-likeness (QED) is 0.0273. The zero-order chi connectivity index (χ0) is 41.7. The lowest BCUT2D eigenvalue weighted by Gasteiger charge is -2.25. The minimum Gasteiger partial charge on any atom is -0.394 e. The third-order valence-corrected chi connectivity index (χ3v) is 10.1. The fourth-order valence-corrected chi connectivity index (χ4v) is 6.85. The average Bonchev–Trinajstić information content (AvgIpc) is 3.24. The molecule has 0 aliphatic rings. The minimum atomic E-state index is -1.25. The molecule has 4 heterocycles. The summed E-state index contributed by atoms with van der Waals surface area (Å²) in [5.41, 5.74) is 7.61. The first-order valence-electron chi connectivity index (χ1n) is 20.2. The van der Waals surface area contributed by atoms with Crippen molar-refractivity contribution in [1.82, 2.24) is 34.9 Å². The Hall–Kier alpha value is -5.85. The molecule has 10 N–H and O–H groups in total. The highest BCUT2D eigenvalue weighted by atomic mass is 19.2. The molecule has 0 amide bonds. The molecule has 6 rings (SSSR count). The standard InChI is InChI=1S/C41H53F2N13O3/c1-3-5-12-25(21-57)47-38-34-33(20-30(42)35(43)53-34)52-40(56-38)45-18-11-10-13-26(22-58)46-37-29-15-7-9-17-32(29)51-41(55-37)49-24(4-2)19-27(23-59)48-36-28-14-6-8-16-31(28)50-39(44)54-36/h6-9,14-17,20,24-27,57-59H,3-5,10-13,18-19,21-23H2,1-2H3,(H3,44,48,50,54)(H2,45,47,52,56)(H2,46,49,51,55)/t24?,25-,26-,27+/m1/s1. The number of rotatable bonds is 23. The number of anilines is 6. The van der Waals surface area contributed by atoms with E-state index in [1.165, 1.54) is 0 Å². The Balaban J connectivity index is 1.08. The van der Waals surface area contributed by atoms with Crippen molar-refractivity contribution in [3.8, 4) is 0 Å². The molecule has 2 aromatic carbocycles. The summed E-state index contributed by atoms with van der Waals surface area (Å²) in [6, 6.07) is 15.0. The van der Waals surface area contributed by atoms with Crippen LogP contribution in [0.1, 0.15) is 65.2 Å². The summed E-state index contributed by atoms with van der Waals surface area (Å²) >= 11 is 0. The summed E-state index contributed by atoms with van der Waals surface area (Å²) in [7, 11) is 0. The summed E-state index contributed by atoms with van der Waals surface area (Å²) in [5, 5.41) is 48.8. The van der Waals surface area contributed by atoms with Crippen molar-refractivity contribution in [3.63, 3.8) is 0 Å². The Bertz CT molecular complexity index is 2310. The van der Waals surface area contributed by atoms with Crippen LogP contribution in [0.3, 0.4) is 0 Å². The van der Waals surface area contributed by atoms with E-state index in [9.17, 15) is 24.1 Å². The van der Waals surface area contributed by atoms with Crippen LogP contribution in [0.4, 0.5) is 44.1 Å². The smallest absolute Gasteiger partial charge is 0.249 e. The molecule has 0 fully saturated rings. The van der Waals surface area contributed by atoms with Crippen LogP contribution in [-0.4, -0.2) is 101 Å². The maximum Gasteiger partial charge on any atom is 0.249 e. The lowest BCUT2D eigenvalue weighted by atomic mass is 10.0. The number of aliphatic hydroxyl groups is 3. The Morgan fingerprint density at radius 2 is 1.20 bits per heavy atom. The molecule has 314 valence electrons. The van der Waals surface area contributed by atoms with Crippen molar-refractivity contribution in [1.29, 1.82) is 0 Å². The SMILES string of the molecule is CCCC[C@H](CO)Nc1nc(NCCCC[C@H](CO)Nc2nc(NC(CC)C[C@@H](CO)Nc3nc(N)nc4ccccc34)nc3ccccc23)nc2cc(F)c(F)nc12. The maximum absolute atomic E-state index is 14.1. The largest absolute Gasteiger partial charge is 0.394 e. The first-order valence-corrected chi connectivity index (χ1v) is 20.2. The van der Waals surface area contributed by atoms with Crippen LogP contribution in [0.5, 0.6) is 0 Å². The number of pyridine rings is 1. The van der Waals surface area contributed by atoms with Crippen molar-refractivity contribution < 1.29 is 24.1 Å². The highest BCUT2D eigenvalue weighted by Crippen LogP contribution is 2.27. The molecule has 4 aromatic heterocycles.